The lowest BCUT2D eigenvalue weighted by Crippen LogP contribution is -2.34. The van der Waals surface area contributed by atoms with Crippen molar-refractivity contribution in [2.75, 3.05) is 7.05 Å². The van der Waals surface area contributed by atoms with Crippen LogP contribution < -0.4 is 10.0 Å². The van der Waals surface area contributed by atoms with Crippen LogP contribution in [0.15, 0.2) is 46.7 Å². The summed E-state index contributed by atoms with van der Waals surface area (Å²) in [6.07, 6.45) is 0.672. The van der Waals surface area contributed by atoms with Gasteiger partial charge in [0.25, 0.3) is 0 Å². The highest BCUT2D eigenvalue weighted by molar-refractivity contribution is 7.89. The lowest BCUT2D eigenvalue weighted by molar-refractivity contribution is 0.559. The first-order valence-corrected chi connectivity index (χ1v) is 9.16. The Morgan fingerprint density at radius 3 is 2.57 bits per heavy atom. The maximum Gasteiger partial charge on any atom is 0.241 e. The summed E-state index contributed by atoms with van der Waals surface area (Å²) in [6.45, 7) is 2.44. The van der Waals surface area contributed by atoms with Gasteiger partial charge in [0.2, 0.25) is 10.0 Å². The van der Waals surface area contributed by atoms with E-state index in [0.29, 0.717) is 17.9 Å². The van der Waals surface area contributed by atoms with Crippen LogP contribution in [-0.4, -0.2) is 21.5 Å². The van der Waals surface area contributed by atoms with E-state index in [1.165, 1.54) is 11.3 Å². The SMILES string of the molecule is CNCc1sccc1S(=O)(=O)NC(C)Cc1ccccc1. The van der Waals surface area contributed by atoms with Gasteiger partial charge in [-0.15, -0.1) is 11.3 Å². The summed E-state index contributed by atoms with van der Waals surface area (Å²) in [5.41, 5.74) is 1.12. The molecule has 0 aliphatic rings. The second-order valence-corrected chi connectivity index (χ2v) is 7.63. The van der Waals surface area contributed by atoms with Crippen LogP contribution in [0.5, 0.6) is 0 Å². The Hall–Kier alpha value is -1.21. The largest absolute Gasteiger partial charge is 0.315 e. The Bertz CT molecular complexity index is 666. The van der Waals surface area contributed by atoms with E-state index in [4.69, 9.17) is 0 Å². The molecule has 1 unspecified atom stereocenters. The van der Waals surface area contributed by atoms with Crippen molar-refractivity contribution < 1.29 is 8.42 Å². The first-order valence-electron chi connectivity index (χ1n) is 6.80. The molecule has 2 aromatic rings. The topological polar surface area (TPSA) is 58.2 Å². The molecule has 0 saturated heterocycles. The van der Waals surface area contributed by atoms with Gasteiger partial charge in [-0.3, -0.25) is 0 Å². The highest BCUT2D eigenvalue weighted by atomic mass is 32.2. The highest BCUT2D eigenvalue weighted by Gasteiger charge is 2.21. The predicted octanol–water partition coefficient (Wildman–Crippen LogP) is 2.38. The van der Waals surface area contributed by atoms with Crippen molar-refractivity contribution in [1.29, 1.82) is 0 Å². The second kappa shape index (κ2) is 7.17. The molecule has 1 aromatic heterocycles. The van der Waals surface area contributed by atoms with E-state index in [-0.39, 0.29) is 6.04 Å². The van der Waals surface area contributed by atoms with E-state index < -0.39 is 10.0 Å². The highest BCUT2D eigenvalue weighted by Crippen LogP contribution is 2.22. The first kappa shape index (κ1) is 16.2. The van der Waals surface area contributed by atoms with Gasteiger partial charge in [-0.1, -0.05) is 30.3 Å². The fourth-order valence-corrected chi connectivity index (χ4v) is 4.89. The van der Waals surface area contributed by atoms with Crippen molar-refractivity contribution in [3.63, 3.8) is 0 Å². The van der Waals surface area contributed by atoms with Crippen LogP contribution >= 0.6 is 11.3 Å². The molecule has 2 N–H and O–H groups in total. The molecule has 0 aliphatic heterocycles. The van der Waals surface area contributed by atoms with Gasteiger partial charge in [-0.2, -0.15) is 0 Å². The minimum absolute atomic E-state index is 0.153. The molecule has 1 aromatic carbocycles. The zero-order valence-electron chi connectivity index (χ0n) is 12.2. The van der Waals surface area contributed by atoms with Crippen molar-refractivity contribution in [3.05, 3.63) is 52.2 Å². The van der Waals surface area contributed by atoms with Gasteiger partial charge in [0, 0.05) is 17.5 Å². The fraction of sp³-hybridized carbons (Fsp3) is 0.333. The zero-order valence-corrected chi connectivity index (χ0v) is 13.8. The third kappa shape index (κ3) is 4.38. The summed E-state index contributed by atoms with van der Waals surface area (Å²) in [5.74, 6) is 0. The van der Waals surface area contributed by atoms with Crippen LogP contribution in [0.25, 0.3) is 0 Å². The molecule has 0 fully saturated rings. The third-order valence-corrected chi connectivity index (χ3v) is 5.80. The Kier molecular flexibility index (Phi) is 5.52. The molecule has 0 aliphatic carbocycles. The van der Waals surface area contributed by atoms with E-state index in [1.807, 2.05) is 49.7 Å². The second-order valence-electron chi connectivity index (χ2n) is 4.95. The number of rotatable bonds is 7. The average molecular weight is 324 g/mol. The van der Waals surface area contributed by atoms with E-state index in [1.54, 1.807) is 6.07 Å². The van der Waals surface area contributed by atoms with Crippen molar-refractivity contribution in [2.45, 2.75) is 30.8 Å². The van der Waals surface area contributed by atoms with Gasteiger partial charge in [0.05, 0.1) is 4.90 Å². The third-order valence-electron chi connectivity index (χ3n) is 3.07. The minimum Gasteiger partial charge on any atom is -0.315 e. The Balaban J connectivity index is 2.08. The summed E-state index contributed by atoms with van der Waals surface area (Å²) < 4.78 is 27.7. The van der Waals surface area contributed by atoms with E-state index >= 15 is 0 Å². The number of nitrogens with one attached hydrogen (secondary N) is 2. The monoisotopic (exact) mass is 324 g/mol. The molecule has 21 heavy (non-hydrogen) atoms. The molecule has 4 nitrogen and oxygen atoms in total. The molecular weight excluding hydrogens is 304 g/mol. The number of benzene rings is 1. The maximum atomic E-state index is 12.5. The molecule has 2 rings (SSSR count). The van der Waals surface area contributed by atoms with E-state index in [9.17, 15) is 8.42 Å². The van der Waals surface area contributed by atoms with Crippen molar-refractivity contribution in [3.8, 4) is 0 Å². The van der Waals surface area contributed by atoms with Crippen molar-refractivity contribution >= 4 is 21.4 Å². The van der Waals surface area contributed by atoms with Gasteiger partial charge in [0.1, 0.15) is 0 Å². The molecule has 1 heterocycles. The normalized spacial score (nSPS) is 13.2. The number of thiophene rings is 1. The van der Waals surface area contributed by atoms with E-state index in [2.05, 4.69) is 10.0 Å². The summed E-state index contributed by atoms with van der Waals surface area (Å²) in [4.78, 5) is 1.21. The zero-order chi connectivity index (χ0) is 15.3. The van der Waals surface area contributed by atoms with Crippen LogP contribution in [0.3, 0.4) is 0 Å². The molecule has 1 atom stereocenters. The van der Waals surface area contributed by atoms with Crippen LogP contribution in [0, 0.1) is 0 Å². The summed E-state index contributed by atoms with van der Waals surface area (Å²) >= 11 is 1.45. The van der Waals surface area contributed by atoms with Gasteiger partial charge in [-0.25, -0.2) is 13.1 Å². The predicted molar refractivity (Wildman–Crippen MR) is 87.0 cm³/mol. The molecule has 0 saturated carbocycles. The van der Waals surface area contributed by atoms with Crippen LogP contribution in [0.2, 0.25) is 0 Å². The summed E-state index contributed by atoms with van der Waals surface area (Å²) in [6, 6.07) is 11.4. The number of hydrogen-bond acceptors (Lipinski definition) is 4. The number of hydrogen-bond donors (Lipinski definition) is 2. The molecule has 114 valence electrons. The van der Waals surface area contributed by atoms with Crippen LogP contribution in [0.4, 0.5) is 0 Å². The lowest BCUT2D eigenvalue weighted by Gasteiger charge is -2.14. The Morgan fingerprint density at radius 1 is 1.19 bits per heavy atom. The molecular formula is C15H20N2O2S2. The van der Waals surface area contributed by atoms with E-state index in [0.717, 1.165) is 10.4 Å². The molecule has 0 spiro atoms. The summed E-state index contributed by atoms with van der Waals surface area (Å²) in [7, 11) is -1.66. The Morgan fingerprint density at radius 2 is 1.90 bits per heavy atom. The lowest BCUT2D eigenvalue weighted by atomic mass is 10.1. The Labute approximate surface area is 130 Å². The van der Waals surface area contributed by atoms with Crippen molar-refractivity contribution in [1.82, 2.24) is 10.0 Å². The molecule has 0 radical (unpaired) electrons. The molecule has 0 bridgehead atoms. The summed E-state index contributed by atoms with van der Waals surface area (Å²) in [5, 5.41) is 4.80. The van der Waals surface area contributed by atoms with Gasteiger partial charge in [-0.05, 0) is 37.4 Å². The van der Waals surface area contributed by atoms with Crippen LogP contribution in [0.1, 0.15) is 17.4 Å². The maximum absolute atomic E-state index is 12.5. The minimum atomic E-state index is -3.47. The first-order chi connectivity index (χ1) is 10.0. The fourth-order valence-electron chi connectivity index (χ4n) is 2.20. The molecule has 0 amide bonds. The van der Waals surface area contributed by atoms with Gasteiger partial charge < -0.3 is 5.32 Å². The standard InChI is InChI=1S/C15H20N2O2S2/c1-12(10-13-6-4-3-5-7-13)17-21(18,19)15-8-9-20-14(15)11-16-2/h3-9,12,16-17H,10-11H2,1-2H3. The molecule has 6 heteroatoms. The quantitative estimate of drug-likeness (QED) is 0.822. The number of sulfonamides is 1. The van der Waals surface area contributed by atoms with Gasteiger partial charge in [0.15, 0.2) is 0 Å². The average Bonchev–Trinajstić information content (AvgIpc) is 2.88. The smallest absolute Gasteiger partial charge is 0.241 e. The van der Waals surface area contributed by atoms with Crippen molar-refractivity contribution in [2.24, 2.45) is 0 Å². The van der Waals surface area contributed by atoms with Gasteiger partial charge >= 0.3 is 0 Å². The van der Waals surface area contributed by atoms with Crippen LogP contribution in [-0.2, 0) is 23.0 Å².